The van der Waals surface area contributed by atoms with E-state index in [4.69, 9.17) is 4.74 Å². The normalized spacial score (nSPS) is 12.0. The topological polar surface area (TPSA) is 89.4 Å². The van der Waals surface area contributed by atoms with Gasteiger partial charge in [-0.3, -0.25) is 9.59 Å². The van der Waals surface area contributed by atoms with Crippen LogP contribution in [0.2, 0.25) is 0 Å². The van der Waals surface area contributed by atoms with Gasteiger partial charge in [-0.2, -0.15) is 0 Å². The maximum atomic E-state index is 12.0. The predicted octanol–water partition coefficient (Wildman–Crippen LogP) is 1.89. The average molecular weight is 357 g/mol. The summed E-state index contributed by atoms with van der Waals surface area (Å²) in [5, 5.41) is 7.36. The van der Waals surface area contributed by atoms with Crippen molar-refractivity contribution in [3.05, 3.63) is 20.7 Å². The molecule has 2 N–H and O–H groups in total. The van der Waals surface area contributed by atoms with E-state index in [1.807, 2.05) is 20.8 Å². The Morgan fingerprint density at radius 3 is 2.62 bits per heavy atom. The van der Waals surface area contributed by atoms with E-state index in [1.54, 1.807) is 16.9 Å². The molecule has 8 heteroatoms. The average Bonchev–Trinajstić information content (AvgIpc) is 2.81. The number of alkyl carbamates (subject to hydrolysis) is 1. The van der Waals surface area contributed by atoms with Crippen LogP contribution in [0.15, 0.2) is 10.2 Å². The van der Waals surface area contributed by atoms with E-state index >= 15 is 0 Å². The number of hydrogen-bond donors (Lipinski definition) is 2. The van der Waals surface area contributed by atoms with Crippen LogP contribution in [0.3, 0.4) is 0 Å². The Morgan fingerprint density at radius 1 is 1.38 bits per heavy atom. The van der Waals surface area contributed by atoms with Crippen molar-refractivity contribution >= 4 is 23.3 Å². The highest BCUT2D eigenvalue weighted by atomic mass is 32.1. The molecule has 7 nitrogen and oxygen atoms in total. The van der Waals surface area contributed by atoms with Crippen LogP contribution in [-0.2, 0) is 16.1 Å². The smallest absolute Gasteiger partial charge is 0.407 e. The first-order chi connectivity index (χ1) is 11.3. The molecule has 1 atom stereocenters. The Bertz CT molecular complexity index is 594. The SMILES string of the molecule is CCOC(=O)NC(CNC(=O)CCn1c(C)csc1=O)CC(C)C. The Balaban J connectivity index is 2.45. The fraction of sp³-hybridized carbons (Fsp3) is 0.688. The molecule has 0 aliphatic carbocycles. The van der Waals surface area contributed by atoms with Crippen molar-refractivity contribution in [3.8, 4) is 0 Å². The molecule has 1 unspecified atom stereocenters. The van der Waals surface area contributed by atoms with Crippen molar-refractivity contribution in [2.24, 2.45) is 5.92 Å². The summed E-state index contributed by atoms with van der Waals surface area (Å²) in [5.74, 6) is 0.229. The largest absolute Gasteiger partial charge is 0.450 e. The van der Waals surface area contributed by atoms with Crippen LogP contribution < -0.4 is 15.5 Å². The second-order valence-corrected chi connectivity index (χ2v) is 6.86. The Kier molecular flexibility index (Phi) is 8.53. The van der Waals surface area contributed by atoms with Gasteiger partial charge in [0, 0.05) is 36.6 Å². The number of ether oxygens (including phenoxy) is 1. The minimum atomic E-state index is -0.474. The molecule has 0 saturated carbocycles. The quantitative estimate of drug-likeness (QED) is 0.706. The molecular formula is C16H27N3O4S. The molecule has 1 aromatic rings. The Hall–Kier alpha value is -1.83. The molecule has 0 aromatic carbocycles. The van der Waals surface area contributed by atoms with Crippen LogP contribution in [-0.4, -0.2) is 35.8 Å². The summed E-state index contributed by atoms with van der Waals surface area (Å²) in [4.78, 5) is 35.1. The van der Waals surface area contributed by atoms with Crippen LogP contribution >= 0.6 is 11.3 Å². The van der Waals surface area contributed by atoms with Gasteiger partial charge in [-0.15, -0.1) is 0 Å². The highest BCUT2D eigenvalue weighted by Gasteiger charge is 2.16. The van der Waals surface area contributed by atoms with Crippen molar-refractivity contribution in [2.75, 3.05) is 13.2 Å². The third-order valence-corrected chi connectivity index (χ3v) is 4.32. The molecule has 0 spiro atoms. The van der Waals surface area contributed by atoms with Gasteiger partial charge < -0.3 is 19.9 Å². The summed E-state index contributed by atoms with van der Waals surface area (Å²) < 4.78 is 6.47. The first kappa shape index (κ1) is 20.2. The molecule has 136 valence electrons. The zero-order chi connectivity index (χ0) is 18.1. The van der Waals surface area contributed by atoms with Crippen LogP contribution in [0, 0.1) is 12.8 Å². The van der Waals surface area contributed by atoms with E-state index < -0.39 is 6.09 Å². The van der Waals surface area contributed by atoms with Crippen molar-refractivity contribution in [3.63, 3.8) is 0 Å². The van der Waals surface area contributed by atoms with Gasteiger partial charge in [-0.25, -0.2) is 4.79 Å². The van der Waals surface area contributed by atoms with E-state index in [2.05, 4.69) is 10.6 Å². The van der Waals surface area contributed by atoms with Gasteiger partial charge in [0.2, 0.25) is 5.91 Å². The molecule has 0 bridgehead atoms. The van der Waals surface area contributed by atoms with Crippen LogP contribution in [0.1, 0.15) is 39.3 Å². The molecule has 2 amide bonds. The summed E-state index contributed by atoms with van der Waals surface area (Å²) in [6.07, 6.45) is 0.492. The molecular weight excluding hydrogens is 330 g/mol. The minimum absolute atomic E-state index is 0.0537. The molecule has 1 heterocycles. The number of rotatable bonds is 9. The lowest BCUT2D eigenvalue weighted by Crippen LogP contribution is -2.44. The Labute approximate surface area is 146 Å². The van der Waals surface area contributed by atoms with Gasteiger partial charge in [0.1, 0.15) is 0 Å². The van der Waals surface area contributed by atoms with E-state index in [0.717, 1.165) is 23.5 Å². The molecule has 1 aromatic heterocycles. The Morgan fingerprint density at radius 2 is 2.08 bits per heavy atom. The number of aromatic nitrogens is 1. The molecule has 24 heavy (non-hydrogen) atoms. The third-order valence-electron chi connectivity index (χ3n) is 3.44. The van der Waals surface area contributed by atoms with Gasteiger partial charge in [0.25, 0.3) is 0 Å². The van der Waals surface area contributed by atoms with Crippen LogP contribution in [0.25, 0.3) is 0 Å². The van der Waals surface area contributed by atoms with Crippen molar-refractivity contribution in [1.82, 2.24) is 15.2 Å². The third kappa shape index (κ3) is 7.16. The second kappa shape index (κ2) is 10.1. The lowest BCUT2D eigenvalue weighted by atomic mass is 10.0. The predicted molar refractivity (Wildman–Crippen MR) is 94.3 cm³/mol. The second-order valence-electron chi connectivity index (χ2n) is 6.04. The summed E-state index contributed by atoms with van der Waals surface area (Å²) in [7, 11) is 0. The number of amides is 2. The van der Waals surface area contributed by atoms with Gasteiger partial charge in [0.15, 0.2) is 0 Å². The number of carbonyl (C=O) groups is 2. The van der Waals surface area contributed by atoms with E-state index in [-0.39, 0.29) is 23.2 Å². The first-order valence-electron chi connectivity index (χ1n) is 8.18. The highest BCUT2D eigenvalue weighted by Crippen LogP contribution is 2.05. The number of hydrogen-bond acceptors (Lipinski definition) is 5. The highest BCUT2D eigenvalue weighted by molar-refractivity contribution is 7.07. The number of aryl methyl sites for hydroxylation is 1. The van der Waals surface area contributed by atoms with Gasteiger partial charge >= 0.3 is 11.0 Å². The van der Waals surface area contributed by atoms with Crippen molar-refractivity contribution in [2.45, 2.75) is 53.1 Å². The molecule has 1 rings (SSSR count). The molecule has 0 radical (unpaired) electrons. The maximum absolute atomic E-state index is 12.0. The molecule has 0 fully saturated rings. The summed E-state index contributed by atoms with van der Waals surface area (Å²) in [6, 6.07) is -0.182. The number of carbonyl (C=O) groups excluding carboxylic acids is 2. The fourth-order valence-corrected chi connectivity index (χ4v) is 3.08. The maximum Gasteiger partial charge on any atom is 0.407 e. The van der Waals surface area contributed by atoms with E-state index in [1.165, 1.54) is 0 Å². The summed E-state index contributed by atoms with van der Waals surface area (Å²) >= 11 is 1.13. The first-order valence-corrected chi connectivity index (χ1v) is 9.06. The van der Waals surface area contributed by atoms with E-state index in [0.29, 0.717) is 25.6 Å². The summed E-state index contributed by atoms with van der Waals surface area (Å²) in [6.45, 7) is 8.70. The lowest BCUT2D eigenvalue weighted by molar-refractivity contribution is -0.121. The van der Waals surface area contributed by atoms with Gasteiger partial charge in [-0.05, 0) is 26.2 Å². The molecule has 0 saturated heterocycles. The lowest BCUT2D eigenvalue weighted by Gasteiger charge is -2.20. The standard InChI is InChI=1S/C16H27N3O4S/c1-5-23-15(21)18-13(8-11(2)3)9-17-14(20)6-7-19-12(4)10-24-16(19)22/h10-11,13H,5-9H2,1-4H3,(H,17,20)(H,18,21). The molecule has 0 aliphatic rings. The van der Waals surface area contributed by atoms with E-state index in [9.17, 15) is 14.4 Å². The zero-order valence-corrected chi connectivity index (χ0v) is 15.6. The van der Waals surface area contributed by atoms with Crippen molar-refractivity contribution in [1.29, 1.82) is 0 Å². The minimum Gasteiger partial charge on any atom is -0.450 e. The fourth-order valence-electron chi connectivity index (χ4n) is 2.32. The number of thiazole rings is 1. The number of nitrogens with one attached hydrogen (secondary N) is 2. The van der Waals surface area contributed by atoms with Gasteiger partial charge in [0.05, 0.1) is 6.61 Å². The summed E-state index contributed by atoms with van der Waals surface area (Å²) in [5.41, 5.74) is 0.861. The van der Waals surface area contributed by atoms with Gasteiger partial charge in [-0.1, -0.05) is 25.2 Å². The van der Waals surface area contributed by atoms with Crippen LogP contribution in [0.5, 0.6) is 0 Å². The van der Waals surface area contributed by atoms with Crippen molar-refractivity contribution < 1.29 is 14.3 Å². The number of nitrogens with zero attached hydrogens (tertiary/aromatic N) is 1. The zero-order valence-electron chi connectivity index (χ0n) is 14.8. The monoisotopic (exact) mass is 357 g/mol. The molecule has 0 aliphatic heterocycles. The van der Waals surface area contributed by atoms with Crippen LogP contribution in [0.4, 0.5) is 4.79 Å².